The molecule has 8 fully saturated rings. The van der Waals surface area contributed by atoms with Crippen LogP contribution in [-0.4, -0.2) is 73.1 Å². The van der Waals surface area contributed by atoms with Gasteiger partial charge in [-0.05, 0) is 117 Å². The molecule has 3 atom stereocenters. The first-order valence-electron chi connectivity index (χ1n) is 16.2. The Balaban J connectivity index is 0.960. The van der Waals surface area contributed by atoms with Gasteiger partial charge in [-0.1, -0.05) is 6.92 Å². The first kappa shape index (κ1) is 32.2. The molecule has 8 aliphatic rings. The second-order valence-electron chi connectivity index (χ2n) is 15.0. The first-order valence-corrected chi connectivity index (χ1v) is 17.6. The van der Waals surface area contributed by atoms with E-state index < -0.39 is 56.8 Å². The van der Waals surface area contributed by atoms with E-state index in [0.29, 0.717) is 37.5 Å². The van der Waals surface area contributed by atoms with Crippen LogP contribution in [0.15, 0.2) is 0 Å². The van der Waals surface area contributed by atoms with Gasteiger partial charge in [-0.2, -0.15) is 17.2 Å². The summed E-state index contributed by atoms with van der Waals surface area (Å²) in [7, 11) is -5.98. The van der Waals surface area contributed by atoms with Crippen LogP contribution >= 0.6 is 0 Å². The number of hydrogen-bond donors (Lipinski definition) is 2. The van der Waals surface area contributed by atoms with E-state index in [2.05, 4.69) is 6.92 Å². The van der Waals surface area contributed by atoms with Gasteiger partial charge in [-0.15, -0.1) is 0 Å². The Morgan fingerprint density at radius 3 is 2.05 bits per heavy atom. The average Bonchev–Trinajstić information content (AvgIpc) is 2.94. The van der Waals surface area contributed by atoms with Gasteiger partial charge >= 0.3 is 27.3 Å². The SMILES string of the molecule is CCC1(CC(=O)COCC(O)COC(=O)C23CC4CC(C2)C(OC(=O)C(F)(F)S(=O)(=O)O)C(C4)C3)C2CC3CC(C2)CC1C3. The minimum absolute atomic E-state index is 0.0432. The van der Waals surface area contributed by atoms with Crippen molar-refractivity contribution < 1.29 is 55.5 Å². The van der Waals surface area contributed by atoms with E-state index in [9.17, 15) is 36.7 Å². The predicted molar refractivity (Wildman–Crippen MR) is 150 cm³/mol. The zero-order valence-corrected chi connectivity index (χ0v) is 25.9. The van der Waals surface area contributed by atoms with Crippen LogP contribution in [-0.2, 0) is 38.7 Å². The van der Waals surface area contributed by atoms with Gasteiger partial charge in [0.25, 0.3) is 0 Å². The Morgan fingerprint density at radius 2 is 1.50 bits per heavy atom. The van der Waals surface area contributed by atoms with Gasteiger partial charge in [-0.3, -0.25) is 14.1 Å². The predicted octanol–water partition coefficient (Wildman–Crippen LogP) is 3.94. The lowest BCUT2D eigenvalue weighted by Crippen LogP contribution is -2.58. The van der Waals surface area contributed by atoms with Crippen molar-refractivity contribution in [2.45, 2.75) is 101 Å². The molecule has 2 N–H and O–H groups in total. The third kappa shape index (κ3) is 5.61. The van der Waals surface area contributed by atoms with Crippen LogP contribution in [0.3, 0.4) is 0 Å². The number of Topliss-reactive ketones (excluding diaryl/α,β-unsaturated/α-hetero) is 1. The summed E-state index contributed by atoms with van der Waals surface area (Å²) in [5.74, 6) is -0.700. The zero-order chi connectivity index (χ0) is 31.7. The lowest BCUT2D eigenvalue weighted by atomic mass is 9.43. The molecule has 0 aliphatic heterocycles. The maximum absolute atomic E-state index is 13.8. The largest absolute Gasteiger partial charge is 0.465 e. The van der Waals surface area contributed by atoms with E-state index in [4.69, 9.17) is 18.8 Å². The third-order valence-corrected chi connectivity index (χ3v) is 13.2. The highest BCUT2D eigenvalue weighted by molar-refractivity contribution is 7.87. The van der Waals surface area contributed by atoms with Crippen LogP contribution in [0.4, 0.5) is 8.78 Å². The maximum atomic E-state index is 13.8. The van der Waals surface area contributed by atoms with E-state index in [1.54, 1.807) is 0 Å². The fraction of sp³-hybridized carbons (Fsp3) is 0.903. The zero-order valence-electron chi connectivity index (χ0n) is 25.1. The van der Waals surface area contributed by atoms with Gasteiger partial charge in [0.05, 0.1) is 12.0 Å². The van der Waals surface area contributed by atoms with Crippen molar-refractivity contribution in [3.05, 3.63) is 0 Å². The number of rotatable bonds is 13. The van der Waals surface area contributed by atoms with Crippen LogP contribution in [0.5, 0.6) is 0 Å². The lowest BCUT2D eigenvalue weighted by molar-refractivity contribution is -0.204. The number of aliphatic hydroxyl groups is 1. The summed E-state index contributed by atoms with van der Waals surface area (Å²) in [5.41, 5.74) is -0.844. The Hall–Kier alpha value is -1.70. The summed E-state index contributed by atoms with van der Waals surface area (Å²) in [5, 5.41) is 5.37. The molecule has 0 heterocycles. The highest BCUT2D eigenvalue weighted by Gasteiger charge is 2.63. The van der Waals surface area contributed by atoms with Crippen molar-refractivity contribution >= 4 is 27.8 Å². The molecule has 0 saturated heterocycles. The van der Waals surface area contributed by atoms with Crippen LogP contribution in [0.1, 0.15) is 84.0 Å². The number of halogens is 2. The van der Waals surface area contributed by atoms with Crippen LogP contribution in [0.25, 0.3) is 0 Å². The number of carbonyl (C=O) groups is 3. The van der Waals surface area contributed by atoms with Crippen LogP contribution < -0.4 is 0 Å². The van der Waals surface area contributed by atoms with E-state index in [0.717, 1.165) is 18.3 Å². The van der Waals surface area contributed by atoms with Gasteiger partial charge < -0.3 is 19.3 Å². The van der Waals surface area contributed by atoms with E-state index in [1.165, 1.54) is 32.1 Å². The fourth-order valence-electron chi connectivity index (χ4n) is 10.9. The molecule has 0 radical (unpaired) electrons. The number of carbonyl (C=O) groups excluding carboxylic acids is 3. The molecule has 44 heavy (non-hydrogen) atoms. The Bertz CT molecular complexity index is 1220. The van der Waals surface area contributed by atoms with Gasteiger partial charge in [0, 0.05) is 6.42 Å². The Labute approximate surface area is 256 Å². The summed E-state index contributed by atoms with van der Waals surface area (Å²) in [6.07, 6.45) is 7.73. The van der Waals surface area contributed by atoms with E-state index in [1.807, 2.05) is 0 Å². The summed E-state index contributed by atoms with van der Waals surface area (Å²) >= 11 is 0. The molecule has 0 amide bonds. The highest BCUT2D eigenvalue weighted by atomic mass is 32.2. The molecule has 0 aromatic rings. The minimum Gasteiger partial charge on any atom is -0.462 e. The minimum atomic E-state index is -5.98. The van der Waals surface area contributed by atoms with Crippen molar-refractivity contribution in [1.82, 2.24) is 0 Å². The number of hydrogen-bond acceptors (Lipinski definition) is 9. The molecule has 8 aliphatic carbocycles. The van der Waals surface area contributed by atoms with Crippen molar-refractivity contribution in [1.29, 1.82) is 0 Å². The van der Waals surface area contributed by atoms with Crippen LogP contribution in [0.2, 0.25) is 0 Å². The lowest BCUT2D eigenvalue weighted by Gasteiger charge is -2.61. The molecular formula is C31H44F2O10S. The second kappa shape index (κ2) is 11.5. The van der Waals surface area contributed by atoms with Crippen molar-refractivity contribution in [2.24, 2.45) is 52.3 Å². The molecule has 8 rings (SSSR count). The first-order chi connectivity index (χ1) is 20.7. The second-order valence-corrected chi connectivity index (χ2v) is 16.4. The summed E-state index contributed by atoms with van der Waals surface area (Å²) in [6.45, 7) is 1.63. The molecular weight excluding hydrogens is 602 g/mol. The number of alkyl halides is 2. The maximum Gasteiger partial charge on any atom is 0.465 e. The Kier molecular flexibility index (Phi) is 8.44. The molecule has 0 aromatic carbocycles. The van der Waals surface area contributed by atoms with E-state index >= 15 is 0 Å². The van der Waals surface area contributed by atoms with Crippen molar-refractivity contribution in [3.8, 4) is 0 Å². The average molecular weight is 647 g/mol. The number of esters is 2. The number of ether oxygens (including phenoxy) is 3. The quantitative estimate of drug-likeness (QED) is 0.222. The normalized spacial score (nSPS) is 41.0. The molecule has 8 bridgehead atoms. The summed E-state index contributed by atoms with van der Waals surface area (Å²) in [4.78, 5) is 38.2. The summed E-state index contributed by atoms with van der Waals surface area (Å²) in [6, 6.07) is 0. The van der Waals surface area contributed by atoms with Crippen LogP contribution in [0, 0.1) is 52.3 Å². The summed E-state index contributed by atoms with van der Waals surface area (Å²) < 4.78 is 74.3. The molecule has 10 nitrogen and oxygen atoms in total. The molecule has 3 unspecified atom stereocenters. The Morgan fingerprint density at radius 1 is 0.909 bits per heavy atom. The molecule has 13 heteroatoms. The monoisotopic (exact) mass is 646 g/mol. The standard InChI is InChI=1S/C31H44F2O10S/c1-2-30(22-6-17-3-18(8-22)9-23(30)7-17)13-24(34)14-41-15-25(35)16-42-27(36)29-10-19-4-20(11-29)26(21(5-19)12-29)43-28(37)31(32,33)44(38,39)40/h17-23,25-26,35H,2-16H2,1H3,(H,38,39,40). The van der Waals surface area contributed by atoms with Gasteiger partial charge in [-0.25, -0.2) is 4.79 Å². The molecule has 0 aromatic heterocycles. The third-order valence-electron chi connectivity index (χ3n) is 12.4. The number of aliphatic hydroxyl groups excluding tert-OH is 1. The number of ketones is 1. The van der Waals surface area contributed by atoms with E-state index in [-0.39, 0.29) is 49.8 Å². The van der Waals surface area contributed by atoms with Gasteiger partial charge in [0.1, 0.15) is 25.4 Å². The van der Waals surface area contributed by atoms with Crippen molar-refractivity contribution in [3.63, 3.8) is 0 Å². The molecule has 8 saturated carbocycles. The molecule has 0 spiro atoms. The fourth-order valence-corrected chi connectivity index (χ4v) is 11.2. The molecule has 248 valence electrons. The highest BCUT2D eigenvalue weighted by Crippen LogP contribution is 2.65. The van der Waals surface area contributed by atoms with Gasteiger partial charge in [0.15, 0.2) is 5.78 Å². The smallest absolute Gasteiger partial charge is 0.462 e. The van der Waals surface area contributed by atoms with Crippen molar-refractivity contribution in [2.75, 3.05) is 19.8 Å². The topological polar surface area (TPSA) is 154 Å². The van der Waals surface area contributed by atoms with Gasteiger partial charge in [0.2, 0.25) is 0 Å².